The number of aromatic hydroxyl groups is 1. The third-order valence-electron chi connectivity index (χ3n) is 12.4. The summed E-state index contributed by atoms with van der Waals surface area (Å²) in [7, 11) is -0.0354. The second-order valence-electron chi connectivity index (χ2n) is 17.0. The monoisotopic (exact) mass is 829 g/mol. The minimum atomic E-state index is -2.18. The van der Waals surface area contributed by atoms with Gasteiger partial charge in [0.05, 0.1) is 28.0 Å². The van der Waals surface area contributed by atoms with E-state index in [9.17, 15) is 19.8 Å². The second-order valence-corrected chi connectivity index (χ2v) is 23.7. The Hall–Kier alpha value is -3.82. The molecule has 3 aliphatic carbocycles. The summed E-state index contributed by atoms with van der Waals surface area (Å²) < 4.78 is 19.2. The smallest absolute Gasteiger partial charge is 0.349 e. The molecule has 2 aromatic carbocycles. The lowest BCUT2D eigenvalue weighted by molar-refractivity contribution is -0.185. The van der Waals surface area contributed by atoms with Crippen LogP contribution in [0.4, 0.5) is 0 Å². The molecule has 0 saturated heterocycles. The summed E-state index contributed by atoms with van der Waals surface area (Å²) in [4.78, 5) is 32.0. The molecule has 2 bridgehead atoms. The van der Waals surface area contributed by atoms with Crippen molar-refractivity contribution in [3.63, 3.8) is 0 Å². The van der Waals surface area contributed by atoms with Crippen molar-refractivity contribution in [1.29, 1.82) is 0 Å². The summed E-state index contributed by atoms with van der Waals surface area (Å²) in [5, 5.41) is 30.3. The number of thiophene rings is 2. The van der Waals surface area contributed by atoms with Crippen LogP contribution in [0.5, 0.6) is 11.5 Å². The maximum atomic E-state index is 13.6. The Morgan fingerprint density at radius 2 is 1.65 bits per heavy atom. The molecule has 13 heteroatoms. The molecule has 3 fully saturated rings. The minimum absolute atomic E-state index is 0.00189. The highest BCUT2D eigenvalue weighted by Gasteiger charge is 2.60. The maximum absolute atomic E-state index is 13.6. The van der Waals surface area contributed by atoms with Gasteiger partial charge in [-0.25, -0.2) is 4.79 Å². The van der Waals surface area contributed by atoms with Crippen molar-refractivity contribution < 1.29 is 28.9 Å². The van der Waals surface area contributed by atoms with Gasteiger partial charge in [-0.1, -0.05) is 51.1 Å². The third kappa shape index (κ3) is 8.52. The highest BCUT2D eigenvalue weighted by molar-refractivity contribution is 7.12. The number of aromatic nitrogens is 1. The van der Waals surface area contributed by atoms with E-state index in [4.69, 9.17) is 13.9 Å². The van der Waals surface area contributed by atoms with Gasteiger partial charge in [0.1, 0.15) is 17.6 Å². The molecule has 4 N–H and O–H groups in total. The highest BCUT2D eigenvalue weighted by Crippen LogP contribution is 2.53. The molecule has 3 aromatic heterocycles. The van der Waals surface area contributed by atoms with E-state index in [1.54, 1.807) is 24.3 Å². The van der Waals surface area contributed by atoms with Crippen LogP contribution in [-0.4, -0.2) is 73.3 Å². The van der Waals surface area contributed by atoms with E-state index < -0.39 is 19.9 Å². The first-order valence-corrected chi connectivity index (χ1v) is 24.5. The maximum Gasteiger partial charge on any atom is 0.349 e. The van der Waals surface area contributed by atoms with Crippen LogP contribution in [0.3, 0.4) is 0 Å². The van der Waals surface area contributed by atoms with E-state index in [0.29, 0.717) is 41.0 Å². The largest absolute Gasteiger partial charge is 0.506 e. The van der Waals surface area contributed by atoms with Gasteiger partial charge in [0.15, 0.2) is 8.32 Å². The number of fused-ring (bicyclic) bond motifs is 2. The first-order chi connectivity index (χ1) is 27.2. The van der Waals surface area contributed by atoms with Gasteiger partial charge in [-0.3, -0.25) is 4.79 Å². The molecule has 304 valence electrons. The van der Waals surface area contributed by atoms with E-state index in [1.165, 1.54) is 28.7 Å². The molecule has 5 aromatic rings. The number of hydrogen-bond donors (Lipinski definition) is 4. The van der Waals surface area contributed by atoms with Crippen molar-refractivity contribution >= 4 is 47.9 Å². The molecule has 3 atom stereocenters. The van der Waals surface area contributed by atoms with Gasteiger partial charge in [0.25, 0.3) is 0 Å². The summed E-state index contributed by atoms with van der Waals surface area (Å²) in [6, 6.07) is 22.6. The number of phenols is 1. The minimum Gasteiger partial charge on any atom is -0.506 e. The Morgan fingerprint density at radius 1 is 0.982 bits per heavy atom. The average molecular weight is 830 g/mol. The van der Waals surface area contributed by atoms with Crippen molar-refractivity contribution in [3.05, 3.63) is 115 Å². The summed E-state index contributed by atoms with van der Waals surface area (Å²) in [6.45, 7) is 13.8. The number of carbonyl (C=O) groups is 1. The fraction of sp³-hybridized carbons (Fsp3) is 0.455. The van der Waals surface area contributed by atoms with Crippen molar-refractivity contribution in [1.82, 2.24) is 15.2 Å². The van der Waals surface area contributed by atoms with E-state index in [0.717, 1.165) is 48.1 Å². The molecule has 57 heavy (non-hydrogen) atoms. The number of hydrogen-bond acceptors (Lipinski definition) is 11. The Labute approximate surface area is 344 Å². The lowest BCUT2D eigenvalue weighted by Crippen LogP contribution is -2.59. The number of esters is 1. The van der Waals surface area contributed by atoms with Gasteiger partial charge in [0.2, 0.25) is 11.2 Å². The van der Waals surface area contributed by atoms with E-state index in [-0.39, 0.29) is 40.4 Å². The van der Waals surface area contributed by atoms with Crippen molar-refractivity contribution in [2.45, 2.75) is 88.6 Å². The Bertz CT molecular complexity index is 2140. The number of nitrogens with zero attached hydrogens (tertiary/aromatic N) is 1. The van der Waals surface area contributed by atoms with E-state index in [2.05, 4.69) is 68.2 Å². The van der Waals surface area contributed by atoms with Crippen LogP contribution in [0.15, 0.2) is 88.4 Å². The highest BCUT2D eigenvalue weighted by atomic mass is 32.1. The second kappa shape index (κ2) is 16.8. The molecular weight excluding hydrogens is 775 g/mol. The topological polar surface area (TPSA) is 133 Å². The van der Waals surface area contributed by atoms with Crippen molar-refractivity contribution in [2.75, 3.05) is 26.7 Å². The van der Waals surface area contributed by atoms with Crippen LogP contribution in [0, 0.1) is 11.8 Å². The van der Waals surface area contributed by atoms with Crippen LogP contribution in [0.2, 0.25) is 18.1 Å². The summed E-state index contributed by atoms with van der Waals surface area (Å²) in [6.07, 6.45) is 2.45. The number of ether oxygens (including phenoxy) is 2. The SMILES string of the molecule is CN(CCCOc1ccc(CNC[C@H](O[Si](C)(C)C(C)(C)C)c2ccc(O)c3[nH]c(=O)ccc23)cc1)C1C2CCC1C2OC(=O)C(O)(c1cccs1)c1cccs1. The number of pyridine rings is 1. The summed E-state index contributed by atoms with van der Waals surface area (Å²) >= 11 is 2.73. The number of H-pyrrole nitrogens is 1. The number of nitrogens with one attached hydrogen (secondary N) is 2. The zero-order chi connectivity index (χ0) is 40.5. The lowest BCUT2D eigenvalue weighted by Gasteiger charge is -2.48. The Morgan fingerprint density at radius 3 is 2.26 bits per heavy atom. The number of benzene rings is 2. The van der Waals surface area contributed by atoms with Crippen molar-refractivity contribution in [3.8, 4) is 11.5 Å². The fourth-order valence-electron chi connectivity index (χ4n) is 8.25. The number of aliphatic hydroxyl groups is 1. The third-order valence-corrected chi connectivity index (χ3v) is 18.8. The van der Waals surface area contributed by atoms with Crippen LogP contribution >= 0.6 is 22.7 Å². The number of carbonyl (C=O) groups excluding carboxylic acids is 1. The molecule has 10 nitrogen and oxygen atoms in total. The molecule has 0 amide bonds. The van der Waals surface area contributed by atoms with Gasteiger partial charge < -0.3 is 39.3 Å². The first-order valence-electron chi connectivity index (χ1n) is 19.8. The molecule has 3 aliphatic rings. The quantitative estimate of drug-likeness (QED) is 0.0416. The Kier molecular flexibility index (Phi) is 12.2. The fourth-order valence-corrected chi connectivity index (χ4v) is 11.2. The van der Waals surface area contributed by atoms with Gasteiger partial charge in [0, 0.05) is 49.0 Å². The Balaban J connectivity index is 0.883. The first kappa shape index (κ1) is 41.3. The predicted molar refractivity (Wildman–Crippen MR) is 230 cm³/mol. The molecule has 3 heterocycles. The lowest BCUT2D eigenvalue weighted by atomic mass is 9.74. The van der Waals surface area contributed by atoms with Crippen LogP contribution in [0.1, 0.15) is 67.0 Å². The molecule has 2 unspecified atom stereocenters. The van der Waals surface area contributed by atoms with Crippen molar-refractivity contribution in [2.24, 2.45) is 11.8 Å². The zero-order valence-corrected chi connectivity index (χ0v) is 36.3. The van der Waals surface area contributed by atoms with E-state index >= 15 is 0 Å². The normalized spacial score (nSPS) is 20.1. The van der Waals surface area contributed by atoms with Crippen LogP contribution < -0.4 is 15.6 Å². The number of rotatable bonds is 17. The predicted octanol–water partition coefficient (Wildman–Crippen LogP) is 8.17. The van der Waals surface area contributed by atoms with Gasteiger partial charge in [-0.15, -0.1) is 22.7 Å². The average Bonchev–Trinajstić information content (AvgIpc) is 4.02. The summed E-state index contributed by atoms with van der Waals surface area (Å²) in [5.41, 5.74) is 0.422. The van der Waals surface area contributed by atoms with Gasteiger partial charge in [-0.05, 0) is 103 Å². The molecule has 8 rings (SSSR count). The standard InChI is InChI=1S/C44H55N3O7S2Si/c1-43(2,3)57(5,6)54-35(30-18-20-34(48)39-31(30)19-21-38(49)46-39)27-45-26-28-12-14-29(15-13-28)52-23-9-22-47(4)40-32-16-17-33(40)41(32)53-42(50)44(51,36-10-7-24-55-36)37-11-8-25-56-37/h7-8,10-15,18-21,24-25,32-33,35,40-41,45,48,51H,9,16-17,22-23,26-27H2,1-6H3,(H,46,49)/t32?,33?,35-,40?,41?/m0/s1. The van der Waals surface area contributed by atoms with Crippen LogP contribution in [0.25, 0.3) is 10.9 Å². The number of phenolic OH excluding ortho intramolecular Hbond substituents is 1. The molecule has 0 aliphatic heterocycles. The van der Waals surface area contributed by atoms with E-state index in [1.807, 2.05) is 41.1 Å². The van der Waals surface area contributed by atoms with Crippen LogP contribution in [-0.2, 0) is 26.1 Å². The van der Waals surface area contributed by atoms with Gasteiger partial charge in [-0.2, -0.15) is 0 Å². The number of aromatic amines is 1. The van der Waals surface area contributed by atoms with Gasteiger partial charge >= 0.3 is 5.97 Å². The molecular formula is C44H55N3O7S2Si. The molecule has 0 spiro atoms. The summed E-state index contributed by atoms with van der Waals surface area (Å²) in [5.74, 6) is 0.815. The zero-order valence-electron chi connectivity index (χ0n) is 33.6. The molecule has 3 saturated carbocycles. The molecule has 0 radical (unpaired) electrons.